The third-order valence-corrected chi connectivity index (χ3v) is 4.05. The number of carbonyl (C=O) groups is 1. The van der Waals surface area contributed by atoms with Crippen molar-refractivity contribution in [3.8, 4) is 0 Å². The molecular weight excluding hydrogens is 250 g/mol. The second-order valence-electron chi connectivity index (χ2n) is 5.17. The summed E-state index contributed by atoms with van der Waals surface area (Å²) in [4.78, 5) is 17.0. The highest BCUT2D eigenvalue weighted by Crippen LogP contribution is 2.30. The number of primary amides is 1. The van der Waals surface area contributed by atoms with Gasteiger partial charge in [0, 0.05) is 29.2 Å². The largest absolute Gasteiger partial charge is 0.368 e. The number of para-hydroxylation sites is 1. The number of amides is 1. The van der Waals surface area contributed by atoms with Gasteiger partial charge in [-0.3, -0.25) is 9.69 Å². The van der Waals surface area contributed by atoms with Crippen LogP contribution >= 0.6 is 0 Å². The summed E-state index contributed by atoms with van der Waals surface area (Å²) >= 11 is 0. The summed E-state index contributed by atoms with van der Waals surface area (Å²) in [5, 5.41) is 1.20. The highest BCUT2D eigenvalue weighted by Gasteiger charge is 2.26. The highest BCUT2D eigenvalue weighted by molar-refractivity contribution is 5.94. The van der Waals surface area contributed by atoms with Crippen LogP contribution in [0.25, 0.3) is 16.5 Å². The zero-order valence-corrected chi connectivity index (χ0v) is 11.6. The molecule has 4 heteroatoms. The van der Waals surface area contributed by atoms with E-state index >= 15 is 0 Å². The van der Waals surface area contributed by atoms with Gasteiger partial charge in [-0.05, 0) is 24.6 Å². The van der Waals surface area contributed by atoms with E-state index in [4.69, 9.17) is 5.73 Å². The molecular formula is C16H19N3O. The van der Waals surface area contributed by atoms with Gasteiger partial charge in [0.05, 0.1) is 0 Å². The van der Waals surface area contributed by atoms with Crippen LogP contribution in [-0.4, -0.2) is 34.9 Å². The molecule has 104 valence electrons. The monoisotopic (exact) mass is 269 g/mol. The molecule has 0 radical (unpaired) electrons. The lowest BCUT2D eigenvalue weighted by Gasteiger charge is -2.31. The van der Waals surface area contributed by atoms with Crippen LogP contribution in [0.2, 0.25) is 0 Å². The van der Waals surface area contributed by atoms with Crippen molar-refractivity contribution in [3.05, 3.63) is 42.1 Å². The van der Waals surface area contributed by atoms with E-state index in [-0.39, 0.29) is 11.9 Å². The average molecular weight is 269 g/mol. The van der Waals surface area contributed by atoms with Gasteiger partial charge in [0.2, 0.25) is 5.91 Å². The Kier molecular flexibility index (Phi) is 3.32. The zero-order chi connectivity index (χ0) is 14.1. The lowest BCUT2D eigenvalue weighted by atomic mass is 9.95. The van der Waals surface area contributed by atoms with Crippen LogP contribution < -0.4 is 5.73 Å². The first-order chi connectivity index (χ1) is 9.70. The Labute approximate surface area is 118 Å². The number of carbonyl (C=O) groups excluding carboxylic acids is 1. The van der Waals surface area contributed by atoms with Crippen molar-refractivity contribution in [2.24, 2.45) is 5.73 Å². The number of hydrogen-bond acceptors (Lipinski definition) is 2. The molecule has 1 aromatic heterocycles. The van der Waals surface area contributed by atoms with Crippen LogP contribution in [0.3, 0.4) is 0 Å². The Balaban J connectivity index is 2.03. The summed E-state index contributed by atoms with van der Waals surface area (Å²) in [5.41, 5.74) is 9.04. The van der Waals surface area contributed by atoms with Crippen molar-refractivity contribution in [1.29, 1.82) is 0 Å². The van der Waals surface area contributed by atoms with Crippen LogP contribution in [0, 0.1) is 0 Å². The van der Waals surface area contributed by atoms with E-state index in [1.807, 2.05) is 24.4 Å². The van der Waals surface area contributed by atoms with Crippen LogP contribution in [-0.2, 0) is 4.79 Å². The van der Waals surface area contributed by atoms with Crippen molar-refractivity contribution >= 4 is 22.4 Å². The maximum atomic E-state index is 11.6. The summed E-state index contributed by atoms with van der Waals surface area (Å²) in [5.74, 6) is -0.274. The lowest BCUT2D eigenvalue weighted by Crippen LogP contribution is -2.45. The zero-order valence-electron chi connectivity index (χ0n) is 11.6. The Morgan fingerprint density at radius 2 is 2.25 bits per heavy atom. The molecule has 0 saturated heterocycles. The van der Waals surface area contributed by atoms with Crippen molar-refractivity contribution in [1.82, 2.24) is 9.88 Å². The van der Waals surface area contributed by atoms with Crippen molar-refractivity contribution in [2.75, 3.05) is 13.1 Å². The summed E-state index contributed by atoms with van der Waals surface area (Å²) < 4.78 is 0. The van der Waals surface area contributed by atoms with Crippen molar-refractivity contribution < 1.29 is 4.79 Å². The molecule has 1 atom stereocenters. The number of aromatic nitrogens is 1. The Morgan fingerprint density at radius 1 is 1.45 bits per heavy atom. The van der Waals surface area contributed by atoms with Crippen LogP contribution in [0.5, 0.6) is 0 Å². The molecule has 1 unspecified atom stereocenters. The summed E-state index contributed by atoms with van der Waals surface area (Å²) in [7, 11) is 0. The molecule has 0 bridgehead atoms. The SMILES string of the molecule is CCN1CCC(c2c[nH]c3ccccc23)=CC1C(N)=O. The molecule has 0 aliphatic carbocycles. The lowest BCUT2D eigenvalue weighted by molar-refractivity contribution is -0.121. The van der Waals surface area contributed by atoms with E-state index in [0.717, 1.165) is 25.0 Å². The molecule has 20 heavy (non-hydrogen) atoms. The fourth-order valence-electron chi connectivity index (χ4n) is 2.96. The predicted molar refractivity (Wildman–Crippen MR) is 81.1 cm³/mol. The van der Waals surface area contributed by atoms with E-state index in [0.29, 0.717) is 0 Å². The number of nitrogens with one attached hydrogen (secondary N) is 1. The Hall–Kier alpha value is -2.07. The molecule has 3 rings (SSSR count). The van der Waals surface area contributed by atoms with Gasteiger partial charge < -0.3 is 10.7 Å². The van der Waals surface area contributed by atoms with Crippen LogP contribution in [0.4, 0.5) is 0 Å². The number of aromatic amines is 1. The summed E-state index contributed by atoms with van der Waals surface area (Å²) in [6.07, 6.45) is 4.99. The molecule has 1 aliphatic heterocycles. The summed E-state index contributed by atoms with van der Waals surface area (Å²) in [6, 6.07) is 7.92. The van der Waals surface area contributed by atoms with Gasteiger partial charge in [-0.1, -0.05) is 31.2 Å². The number of likely N-dealkylation sites (N-methyl/N-ethyl adjacent to an activating group) is 1. The third-order valence-electron chi connectivity index (χ3n) is 4.05. The number of benzene rings is 1. The first kappa shape index (κ1) is 12.9. The molecule has 2 heterocycles. The van der Waals surface area contributed by atoms with E-state index in [1.54, 1.807) is 0 Å². The predicted octanol–water partition coefficient (Wildman–Crippen LogP) is 2.13. The van der Waals surface area contributed by atoms with E-state index in [1.165, 1.54) is 16.5 Å². The molecule has 1 aromatic carbocycles. The fraction of sp³-hybridized carbons (Fsp3) is 0.312. The minimum absolute atomic E-state index is 0.274. The first-order valence-corrected chi connectivity index (χ1v) is 7.01. The molecule has 4 nitrogen and oxygen atoms in total. The van der Waals surface area contributed by atoms with Crippen molar-refractivity contribution in [3.63, 3.8) is 0 Å². The first-order valence-electron chi connectivity index (χ1n) is 7.01. The van der Waals surface area contributed by atoms with Crippen LogP contribution in [0.1, 0.15) is 18.9 Å². The quantitative estimate of drug-likeness (QED) is 0.896. The highest BCUT2D eigenvalue weighted by atomic mass is 16.1. The molecule has 0 spiro atoms. The second kappa shape index (κ2) is 5.13. The number of nitrogens with zero attached hydrogens (tertiary/aromatic N) is 1. The van der Waals surface area contributed by atoms with Gasteiger partial charge in [-0.15, -0.1) is 0 Å². The molecule has 3 N–H and O–H groups in total. The molecule has 1 aliphatic rings. The topological polar surface area (TPSA) is 62.1 Å². The molecule has 2 aromatic rings. The number of nitrogens with two attached hydrogens (primary N) is 1. The molecule has 1 amide bonds. The number of hydrogen-bond donors (Lipinski definition) is 2. The maximum absolute atomic E-state index is 11.6. The third kappa shape index (κ3) is 2.12. The van der Waals surface area contributed by atoms with Gasteiger partial charge in [-0.2, -0.15) is 0 Å². The number of rotatable bonds is 3. The van der Waals surface area contributed by atoms with E-state index in [9.17, 15) is 4.79 Å². The smallest absolute Gasteiger partial charge is 0.238 e. The van der Waals surface area contributed by atoms with Gasteiger partial charge >= 0.3 is 0 Å². The fourth-order valence-corrected chi connectivity index (χ4v) is 2.96. The second-order valence-corrected chi connectivity index (χ2v) is 5.17. The summed E-state index contributed by atoms with van der Waals surface area (Å²) in [6.45, 7) is 3.77. The van der Waals surface area contributed by atoms with Gasteiger partial charge in [0.1, 0.15) is 6.04 Å². The maximum Gasteiger partial charge on any atom is 0.238 e. The van der Waals surface area contributed by atoms with E-state index < -0.39 is 0 Å². The van der Waals surface area contributed by atoms with Gasteiger partial charge in [0.25, 0.3) is 0 Å². The Bertz CT molecular complexity index is 671. The normalized spacial score (nSPS) is 20.1. The molecule has 0 fully saturated rings. The van der Waals surface area contributed by atoms with Gasteiger partial charge in [0.15, 0.2) is 0 Å². The minimum Gasteiger partial charge on any atom is -0.368 e. The average Bonchev–Trinajstić information content (AvgIpc) is 2.90. The number of H-pyrrole nitrogens is 1. The molecule has 0 saturated carbocycles. The standard InChI is InChI=1S/C16H19N3O/c1-2-19-8-7-11(9-15(19)16(17)20)13-10-18-14-6-4-3-5-12(13)14/h3-6,9-10,15,18H,2,7-8H2,1H3,(H2,17,20). The minimum atomic E-state index is -0.294. The van der Waals surface area contributed by atoms with Gasteiger partial charge in [-0.25, -0.2) is 0 Å². The van der Waals surface area contributed by atoms with Crippen LogP contribution in [0.15, 0.2) is 36.5 Å². The van der Waals surface area contributed by atoms with Crippen molar-refractivity contribution in [2.45, 2.75) is 19.4 Å². The van der Waals surface area contributed by atoms with E-state index in [2.05, 4.69) is 28.9 Å². The number of fused-ring (bicyclic) bond motifs is 1. The Morgan fingerprint density at radius 3 is 3.00 bits per heavy atom.